The van der Waals surface area contributed by atoms with Gasteiger partial charge in [-0.25, -0.2) is 4.79 Å². The van der Waals surface area contributed by atoms with Crippen LogP contribution in [-0.2, 0) is 15.1 Å². The van der Waals surface area contributed by atoms with Crippen molar-refractivity contribution in [2.24, 2.45) is 0 Å². The number of nitrogens with one attached hydrogen (secondary N) is 1. The minimum Gasteiger partial charge on any atom is -0.467 e. The van der Waals surface area contributed by atoms with Crippen LogP contribution >= 0.6 is 0 Å². The number of ether oxygens (including phenoxy) is 1. The molecule has 0 aromatic heterocycles. The van der Waals surface area contributed by atoms with Gasteiger partial charge in [-0.1, -0.05) is 43.7 Å². The molecule has 0 amide bonds. The van der Waals surface area contributed by atoms with Crippen molar-refractivity contribution in [2.45, 2.75) is 25.3 Å². The number of esters is 1. The van der Waals surface area contributed by atoms with E-state index in [1.54, 1.807) is 7.05 Å². The molecule has 1 atom stereocenters. The number of rotatable bonds is 5. The summed E-state index contributed by atoms with van der Waals surface area (Å²) in [5.74, 6) is -0.233. The van der Waals surface area contributed by atoms with Crippen LogP contribution in [0.15, 0.2) is 30.3 Å². The van der Waals surface area contributed by atoms with E-state index < -0.39 is 5.54 Å². The molecule has 1 aromatic rings. The Hall–Kier alpha value is -1.35. The standard InChI is InChI=1S/C13H19NO2/c1-4-10-13(14-2,12(15)16-3)11-8-6-5-7-9-11/h5-9,14H,4,10H2,1-3H3. The van der Waals surface area contributed by atoms with E-state index in [0.717, 1.165) is 18.4 Å². The van der Waals surface area contributed by atoms with Crippen molar-refractivity contribution in [1.29, 1.82) is 0 Å². The lowest BCUT2D eigenvalue weighted by atomic mass is 9.85. The highest BCUT2D eigenvalue weighted by Crippen LogP contribution is 2.27. The second-order valence-electron chi connectivity index (χ2n) is 3.76. The Morgan fingerprint density at radius 1 is 1.38 bits per heavy atom. The lowest BCUT2D eigenvalue weighted by Crippen LogP contribution is -2.48. The van der Waals surface area contributed by atoms with Gasteiger partial charge in [-0.05, 0) is 19.0 Å². The summed E-state index contributed by atoms with van der Waals surface area (Å²) in [5.41, 5.74) is 0.233. The van der Waals surface area contributed by atoms with Gasteiger partial charge in [0.1, 0.15) is 5.54 Å². The number of benzene rings is 1. The highest BCUT2D eigenvalue weighted by atomic mass is 16.5. The van der Waals surface area contributed by atoms with E-state index in [1.165, 1.54) is 7.11 Å². The zero-order valence-electron chi connectivity index (χ0n) is 10.1. The molecule has 1 N–H and O–H groups in total. The molecule has 0 aliphatic heterocycles. The van der Waals surface area contributed by atoms with Gasteiger partial charge in [-0.15, -0.1) is 0 Å². The molecule has 1 unspecified atom stereocenters. The van der Waals surface area contributed by atoms with Crippen LogP contribution in [0.25, 0.3) is 0 Å². The third-order valence-electron chi connectivity index (χ3n) is 2.85. The largest absolute Gasteiger partial charge is 0.467 e. The van der Waals surface area contributed by atoms with Crippen LogP contribution in [-0.4, -0.2) is 20.1 Å². The number of carbonyl (C=O) groups is 1. The highest BCUT2D eigenvalue weighted by molar-refractivity contribution is 5.82. The first kappa shape index (κ1) is 12.7. The van der Waals surface area contributed by atoms with Gasteiger partial charge in [0.2, 0.25) is 0 Å². The van der Waals surface area contributed by atoms with E-state index >= 15 is 0 Å². The predicted octanol–water partition coefficient (Wildman–Crippen LogP) is 2.07. The van der Waals surface area contributed by atoms with Gasteiger partial charge < -0.3 is 10.1 Å². The fourth-order valence-electron chi connectivity index (χ4n) is 2.01. The summed E-state index contributed by atoms with van der Waals surface area (Å²) in [4.78, 5) is 12.0. The summed E-state index contributed by atoms with van der Waals surface area (Å²) in [6.07, 6.45) is 1.63. The molecule has 16 heavy (non-hydrogen) atoms. The van der Waals surface area contributed by atoms with Gasteiger partial charge in [-0.2, -0.15) is 0 Å². The van der Waals surface area contributed by atoms with Gasteiger partial charge >= 0.3 is 5.97 Å². The maximum absolute atomic E-state index is 12.0. The van der Waals surface area contributed by atoms with Crippen LogP contribution in [0.3, 0.4) is 0 Å². The van der Waals surface area contributed by atoms with E-state index in [0.29, 0.717) is 0 Å². The zero-order valence-corrected chi connectivity index (χ0v) is 10.1. The third kappa shape index (κ3) is 2.25. The maximum atomic E-state index is 12.0. The van der Waals surface area contributed by atoms with Crippen molar-refractivity contribution in [3.05, 3.63) is 35.9 Å². The minimum atomic E-state index is -0.718. The molecule has 1 aromatic carbocycles. The molecule has 0 aliphatic rings. The van der Waals surface area contributed by atoms with Crippen LogP contribution in [0.5, 0.6) is 0 Å². The quantitative estimate of drug-likeness (QED) is 0.774. The minimum absolute atomic E-state index is 0.233. The Kier molecular flexibility index (Phi) is 4.50. The molecule has 0 fully saturated rings. The molecule has 0 saturated carbocycles. The maximum Gasteiger partial charge on any atom is 0.330 e. The van der Waals surface area contributed by atoms with Gasteiger partial charge in [0.25, 0.3) is 0 Å². The molecule has 3 heteroatoms. The van der Waals surface area contributed by atoms with Crippen molar-refractivity contribution in [1.82, 2.24) is 5.32 Å². The Balaban J connectivity index is 3.17. The van der Waals surface area contributed by atoms with Crippen LogP contribution in [0.1, 0.15) is 25.3 Å². The average molecular weight is 221 g/mol. The van der Waals surface area contributed by atoms with Crippen LogP contribution in [0.4, 0.5) is 0 Å². The number of carbonyl (C=O) groups excluding carboxylic acids is 1. The Labute approximate surface area is 96.8 Å². The van der Waals surface area contributed by atoms with E-state index in [-0.39, 0.29) is 5.97 Å². The first-order valence-electron chi connectivity index (χ1n) is 5.54. The highest BCUT2D eigenvalue weighted by Gasteiger charge is 2.38. The summed E-state index contributed by atoms with van der Waals surface area (Å²) in [5, 5.41) is 3.11. The Morgan fingerprint density at radius 3 is 2.44 bits per heavy atom. The van der Waals surface area contributed by atoms with E-state index in [2.05, 4.69) is 12.2 Å². The van der Waals surface area contributed by atoms with Crippen LogP contribution in [0.2, 0.25) is 0 Å². The molecule has 3 nitrogen and oxygen atoms in total. The summed E-state index contributed by atoms with van der Waals surface area (Å²) >= 11 is 0. The lowest BCUT2D eigenvalue weighted by molar-refractivity contribution is -0.149. The summed E-state index contributed by atoms with van der Waals surface area (Å²) < 4.78 is 4.91. The smallest absolute Gasteiger partial charge is 0.330 e. The number of hydrogen-bond acceptors (Lipinski definition) is 3. The van der Waals surface area contributed by atoms with Crippen molar-refractivity contribution in [2.75, 3.05) is 14.2 Å². The number of hydrogen-bond donors (Lipinski definition) is 1. The molecule has 0 saturated heterocycles. The second kappa shape index (κ2) is 5.66. The summed E-state index contributed by atoms with van der Waals surface area (Å²) in [6, 6.07) is 9.69. The average Bonchev–Trinajstić information content (AvgIpc) is 2.36. The molecular weight excluding hydrogens is 202 g/mol. The van der Waals surface area contributed by atoms with E-state index in [4.69, 9.17) is 4.74 Å². The molecule has 1 rings (SSSR count). The summed E-state index contributed by atoms with van der Waals surface area (Å²) in [7, 11) is 3.21. The first-order valence-corrected chi connectivity index (χ1v) is 5.54. The van der Waals surface area contributed by atoms with Crippen molar-refractivity contribution in [3.63, 3.8) is 0 Å². The lowest BCUT2D eigenvalue weighted by Gasteiger charge is -2.30. The zero-order chi connectivity index (χ0) is 12.0. The normalized spacial score (nSPS) is 14.2. The van der Waals surface area contributed by atoms with Crippen molar-refractivity contribution in [3.8, 4) is 0 Å². The van der Waals surface area contributed by atoms with Crippen molar-refractivity contribution < 1.29 is 9.53 Å². The molecule has 0 heterocycles. The van der Waals surface area contributed by atoms with E-state index in [1.807, 2.05) is 30.3 Å². The molecule has 0 bridgehead atoms. The first-order chi connectivity index (χ1) is 7.71. The molecule has 0 radical (unpaired) electrons. The number of methoxy groups -OCH3 is 1. The van der Waals surface area contributed by atoms with Gasteiger partial charge in [0.15, 0.2) is 0 Å². The fraction of sp³-hybridized carbons (Fsp3) is 0.462. The molecular formula is C13H19NO2. The van der Waals surface area contributed by atoms with Gasteiger partial charge in [0, 0.05) is 0 Å². The summed E-state index contributed by atoms with van der Waals surface area (Å²) in [6.45, 7) is 2.05. The molecule has 88 valence electrons. The van der Waals surface area contributed by atoms with Crippen molar-refractivity contribution >= 4 is 5.97 Å². The third-order valence-corrected chi connectivity index (χ3v) is 2.85. The van der Waals surface area contributed by atoms with Gasteiger partial charge in [0.05, 0.1) is 7.11 Å². The van der Waals surface area contributed by atoms with Gasteiger partial charge in [-0.3, -0.25) is 0 Å². The number of likely N-dealkylation sites (N-methyl/N-ethyl adjacent to an activating group) is 1. The SMILES string of the molecule is CCCC(NC)(C(=O)OC)c1ccccc1. The Bertz CT molecular complexity index is 337. The second-order valence-corrected chi connectivity index (χ2v) is 3.76. The molecule has 0 aliphatic carbocycles. The molecule has 0 spiro atoms. The van der Waals surface area contributed by atoms with E-state index in [9.17, 15) is 4.79 Å². The fourth-order valence-corrected chi connectivity index (χ4v) is 2.01. The van der Waals surface area contributed by atoms with Crippen LogP contribution in [0, 0.1) is 0 Å². The monoisotopic (exact) mass is 221 g/mol. The van der Waals surface area contributed by atoms with Crippen LogP contribution < -0.4 is 5.32 Å². The Morgan fingerprint density at radius 2 is 2.00 bits per heavy atom. The predicted molar refractivity (Wildman–Crippen MR) is 64.1 cm³/mol. The topological polar surface area (TPSA) is 38.3 Å².